The van der Waals surface area contributed by atoms with Crippen LogP contribution in [0.5, 0.6) is 201 Å². The second kappa shape index (κ2) is 47.7. The van der Waals surface area contributed by atoms with Crippen LogP contribution in [-0.4, -0.2) is 194 Å². The number of methoxy groups -OCH3 is 2. The van der Waals surface area contributed by atoms with Crippen LogP contribution in [0.25, 0.3) is 109 Å². The van der Waals surface area contributed by atoms with Crippen molar-refractivity contribution >= 4 is 121 Å². The Morgan fingerprint density at radius 3 is 0.637 bits per heavy atom. The molecule has 146 heavy (non-hydrogen) atoms. The number of aromatic hydroxyl groups is 33. The fourth-order valence-electron chi connectivity index (χ4n) is 13.0. The van der Waals surface area contributed by atoms with Crippen LogP contribution in [0.3, 0.4) is 0 Å². The molecule has 33 N–H and O–H groups in total. The molecule has 750 valence electrons. The standard InChI is InChI=1S/C24H22O7.2C22H18O9.C22H18O8.C19H16O4/c1-30-20-11-14(5-9-18(20)25)3-7-16-13-17(23(28)24(29)22(16)27)8-4-15-6-10-19(26)21(12-15)31-2;23-14-9-15(24)13(4-2-11-7-18(27)22(31)19(28)8-11)20(29)12(14)3-1-10-5-16(25)21(30)17(26)6-10;23-14-5-10(6-15(24)20(14)29)1-3-12-9-13(19(28)22(31)18(12)27)4-2-11-7-16(25)21(30)17(26)8-11;23-15-10-16(24)14(4-2-12-7-19(27)22(30)20(28)8-12)9-13(15)3-1-11-5-17(25)21(29)18(26)6-11;20-16-7-1-14(2-8-16)5-11-18(22)13-19(23)12-6-15-3-9-17(21)10-4-15/h3-13,25-29H,1-2H3;2*1-9,23-31H;1-10,23-30H;1-12,20-21H,13H2/b7-3+,8-4+;3*3-1+,4-2+;11-5+,12-6+. The van der Waals surface area contributed by atoms with Crippen molar-refractivity contribution in [3.8, 4) is 201 Å². The fourth-order valence-corrected chi connectivity index (χ4v) is 13.0. The highest BCUT2D eigenvalue weighted by Gasteiger charge is 2.22. The molecule has 0 radical (unpaired) electrons. The molecule has 14 aromatic rings. The lowest BCUT2D eigenvalue weighted by atomic mass is 10.0. The zero-order valence-electron chi connectivity index (χ0n) is 76.0. The first kappa shape index (κ1) is 107. The zero-order chi connectivity index (χ0) is 107. The minimum absolute atomic E-state index is 0.00283. The molecule has 0 aliphatic heterocycles. The summed E-state index contributed by atoms with van der Waals surface area (Å²) in [5.74, 6) is -15.7. The maximum absolute atomic E-state index is 11.7. The largest absolute Gasteiger partial charge is 0.508 e. The Morgan fingerprint density at radius 2 is 0.390 bits per heavy atom. The van der Waals surface area contributed by atoms with Gasteiger partial charge in [-0.1, -0.05) is 134 Å². The Labute approximate surface area is 826 Å². The van der Waals surface area contributed by atoms with Gasteiger partial charge >= 0.3 is 0 Å². The molecule has 37 heteroatoms. The number of allylic oxidation sites excluding steroid dienone is 2. The van der Waals surface area contributed by atoms with Gasteiger partial charge < -0.3 is 178 Å². The number of carbonyl (C=O) groups excluding carboxylic acids is 2. The molecule has 0 aromatic heterocycles. The maximum atomic E-state index is 11.7. The normalized spacial score (nSPS) is 11.4. The first-order valence-electron chi connectivity index (χ1n) is 42.3. The Morgan fingerprint density at radius 1 is 0.178 bits per heavy atom. The van der Waals surface area contributed by atoms with Crippen LogP contribution in [-0.2, 0) is 9.59 Å². The van der Waals surface area contributed by atoms with Crippen LogP contribution < -0.4 is 9.47 Å². The third-order valence-electron chi connectivity index (χ3n) is 20.8. The van der Waals surface area contributed by atoms with Crippen LogP contribution in [0.2, 0.25) is 0 Å². The van der Waals surface area contributed by atoms with Gasteiger partial charge in [0, 0.05) is 45.5 Å². The number of benzene rings is 14. The van der Waals surface area contributed by atoms with E-state index >= 15 is 0 Å². The third-order valence-corrected chi connectivity index (χ3v) is 20.8. The number of ketones is 2. The topological polar surface area (TPSA) is 720 Å². The molecular weight excluding hydrogens is 1900 g/mol. The van der Waals surface area contributed by atoms with E-state index in [2.05, 4.69) is 0 Å². The molecule has 14 rings (SSSR count). The van der Waals surface area contributed by atoms with Crippen molar-refractivity contribution in [1.29, 1.82) is 0 Å². The Bertz CT molecular complexity index is 7020. The Balaban J connectivity index is 0.000000188. The van der Waals surface area contributed by atoms with Gasteiger partial charge in [-0.3, -0.25) is 9.59 Å². The fraction of sp³-hybridized carbons (Fsp3) is 0.0275. The van der Waals surface area contributed by atoms with E-state index in [1.165, 1.54) is 178 Å². The average molecular weight is 1990 g/mol. The quantitative estimate of drug-likeness (QED) is 0.0116. The lowest BCUT2D eigenvalue weighted by molar-refractivity contribution is -0.121. The Hall–Kier alpha value is -21.2. The highest BCUT2D eigenvalue weighted by molar-refractivity contribution is 6.11. The molecule has 0 atom stereocenters. The molecule has 0 amide bonds. The first-order valence-corrected chi connectivity index (χ1v) is 42.3. The van der Waals surface area contributed by atoms with Crippen LogP contribution >= 0.6 is 0 Å². The van der Waals surface area contributed by atoms with E-state index < -0.39 is 155 Å². The number of phenolic OH excluding ortho intramolecular Hbond substituents is 33. The van der Waals surface area contributed by atoms with Gasteiger partial charge in [0.15, 0.2) is 161 Å². The van der Waals surface area contributed by atoms with Gasteiger partial charge in [-0.05, 0) is 219 Å². The summed E-state index contributed by atoms with van der Waals surface area (Å²) in [5.41, 5.74) is 5.72. The minimum atomic E-state index is -0.797. The summed E-state index contributed by atoms with van der Waals surface area (Å²) in [7, 11) is 2.88. The lowest BCUT2D eigenvalue weighted by Gasteiger charge is -2.09. The van der Waals surface area contributed by atoms with E-state index in [0.29, 0.717) is 44.9 Å². The van der Waals surface area contributed by atoms with Gasteiger partial charge in [0.2, 0.25) is 11.5 Å². The van der Waals surface area contributed by atoms with Crippen LogP contribution in [0.15, 0.2) is 200 Å². The second-order valence-electron chi connectivity index (χ2n) is 31.2. The molecule has 0 spiro atoms. The number of carbonyl (C=O) groups is 2. The van der Waals surface area contributed by atoms with E-state index in [1.807, 2.05) is 0 Å². The molecule has 0 fully saturated rings. The van der Waals surface area contributed by atoms with Crippen molar-refractivity contribution < 1.29 is 188 Å². The smallest absolute Gasteiger partial charge is 0.201 e. The third kappa shape index (κ3) is 28.1. The SMILES string of the molecule is COc1cc(/C=C/c2cc(/C=C/c3ccc(O)c(OC)c3)c(O)c(O)c2O)ccc1O.O=C(/C=C/c1ccc(O)cc1)CC(=O)/C=C/c1ccc(O)cc1.Oc1cc(/C=C/c2c(O)cc(O)c(/C=C/c3cc(O)c(O)c(O)c3)c2O)cc(O)c1O.Oc1cc(/C=C/c2cc(/C=C/c3cc(O)c(O)c(O)c3)c(O)c(O)c2O)cc(O)c1O.Oc1cc(O)c(/C=C/c2cc(O)c(O)c(O)c2)cc1/C=C/c1cc(O)c(O)c(O)c1. The summed E-state index contributed by atoms with van der Waals surface area (Å²) >= 11 is 0. The van der Waals surface area contributed by atoms with Gasteiger partial charge in [0.1, 0.15) is 40.2 Å². The van der Waals surface area contributed by atoms with Crippen molar-refractivity contribution in [1.82, 2.24) is 0 Å². The predicted octanol–water partition coefficient (Wildman–Crippen LogP) is 18.4. The van der Waals surface area contributed by atoms with Crippen molar-refractivity contribution in [3.05, 3.63) is 300 Å². The van der Waals surface area contributed by atoms with Crippen LogP contribution in [0.1, 0.15) is 107 Å². The molecular formula is C109H92O37. The number of hydrogen-bond acceptors (Lipinski definition) is 37. The van der Waals surface area contributed by atoms with Crippen molar-refractivity contribution in [2.24, 2.45) is 0 Å². The molecule has 0 heterocycles. The van der Waals surface area contributed by atoms with Crippen molar-refractivity contribution in [2.75, 3.05) is 14.2 Å². The number of hydrogen-bond donors (Lipinski definition) is 33. The van der Waals surface area contributed by atoms with E-state index in [4.69, 9.17) is 19.7 Å². The van der Waals surface area contributed by atoms with E-state index in [-0.39, 0.29) is 108 Å². The number of rotatable bonds is 24. The summed E-state index contributed by atoms with van der Waals surface area (Å²) < 4.78 is 10.1. The second-order valence-corrected chi connectivity index (χ2v) is 31.2. The first-order chi connectivity index (χ1) is 69.2. The minimum Gasteiger partial charge on any atom is -0.508 e. The molecule has 0 aliphatic carbocycles. The van der Waals surface area contributed by atoms with E-state index in [1.54, 1.807) is 85.0 Å². The van der Waals surface area contributed by atoms with Gasteiger partial charge in [-0.15, -0.1) is 0 Å². The average Bonchev–Trinajstić information content (AvgIpc) is 0.823. The van der Waals surface area contributed by atoms with Gasteiger partial charge in [0.25, 0.3) is 0 Å². The van der Waals surface area contributed by atoms with Gasteiger partial charge in [-0.25, -0.2) is 0 Å². The molecule has 14 aromatic carbocycles. The van der Waals surface area contributed by atoms with Gasteiger partial charge in [0.05, 0.1) is 31.8 Å². The number of ether oxygens (including phenoxy) is 2. The summed E-state index contributed by atoms with van der Waals surface area (Å²) in [6, 6.07) is 42.7. The summed E-state index contributed by atoms with van der Waals surface area (Å²) in [4.78, 5) is 23.5. The van der Waals surface area contributed by atoms with Crippen molar-refractivity contribution in [3.63, 3.8) is 0 Å². The van der Waals surface area contributed by atoms with Crippen LogP contribution in [0, 0.1) is 0 Å². The maximum Gasteiger partial charge on any atom is 0.201 e. The molecule has 0 bridgehead atoms. The number of phenols is 33. The highest BCUT2D eigenvalue weighted by Crippen LogP contribution is 2.49. The van der Waals surface area contributed by atoms with Crippen molar-refractivity contribution in [2.45, 2.75) is 6.42 Å². The Kier molecular flexibility index (Phi) is 34.9. The van der Waals surface area contributed by atoms with Crippen LogP contribution in [0.4, 0.5) is 0 Å². The molecule has 0 saturated heterocycles. The summed E-state index contributed by atoms with van der Waals surface area (Å²) in [5, 5.41) is 320. The molecule has 37 nitrogen and oxygen atoms in total. The van der Waals surface area contributed by atoms with E-state index in [9.17, 15) is 168 Å². The molecule has 0 saturated carbocycles. The van der Waals surface area contributed by atoms with E-state index in [0.717, 1.165) is 71.8 Å². The van der Waals surface area contributed by atoms with Gasteiger partial charge in [-0.2, -0.15) is 0 Å². The summed E-state index contributed by atoms with van der Waals surface area (Å²) in [6.45, 7) is 0. The monoisotopic (exact) mass is 1990 g/mol. The molecule has 0 aliphatic rings. The zero-order valence-corrected chi connectivity index (χ0v) is 76.0. The molecule has 0 unspecified atom stereocenters. The lowest BCUT2D eigenvalue weighted by Crippen LogP contribution is -2.01. The predicted molar refractivity (Wildman–Crippen MR) is 542 cm³/mol. The highest BCUT2D eigenvalue weighted by atomic mass is 16.5. The summed E-state index contributed by atoms with van der Waals surface area (Å²) in [6.07, 6.45) is 28.5.